The van der Waals surface area contributed by atoms with Crippen LogP contribution in [0.2, 0.25) is 0 Å². The van der Waals surface area contributed by atoms with Crippen molar-refractivity contribution in [3.05, 3.63) is 18.2 Å². The second-order valence-electron chi connectivity index (χ2n) is 5.17. The normalized spacial score (nSPS) is 15.8. The molecule has 1 saturated heterocycles. The Hall–Kier alpha value is -1.91. The molecule has 0 radical (unpaired) electrons. The minimum atomic E-state index is -0.0517. The Morgan fingerprint density at radius 3 is 2.45 bits per heavy atom. The number of nitrogens with one attached hydrogen (secondary N) is 1. The van der Waals surface area contributed by atoms with Crippen LogP contribution in [0.25, 0.3) is 0 Å². The van der Waals surface area contributed by atoms with Gasteiger partial charge in [0.25, 0.3) is 0 Å². The van der Waals surface area contributed by atoms with E-state index in [-0.39, 0.29) is 6.03 Å². The van der Waals surface area contributed by atoms with E-state index in [0.717, 1.165) is 25.9 Å². The molecule has 2 rings (SSSR count). The number of piperidine rings is 1. The first-order chi connectivity index (χ1) is 9.63. The van der Waals surface area contributed by atoms with E-state index >= 15 is 0 Å². The number of carbonyl (C=O) groups excluding carboxylic acids is 1. The number of nitrogens with zero attached hydrogens (tertiary/aromatic N) is 1. The number of hydrogen-bond donors (Lipinski definition) is 1. The van der Waals surface area contributed by atoms with Crippen molar-refractivity contribution in [2.24, 2.45) is 5.92 Å². The summed E-state index contributed by atoms with van der Waals surface area (Å²) in [5, 5.41) is 2.90. The number of carbonyl (C=O) groups is 1. The fraction of sp³-hybridized carbons (Fsp3) is 0.533. The number of urea groups is 1. The zero-order valence-electron chi connectivity index (χ0n) is 12.3. The van der Waals surface area contributed by atoms with Gasteiger partial charge >= 0.3 is 6.03 Å². The zero-order chi connectivity index (χ0) is 14.5. The monoisotopic (exact) mass is 278 g/mol. The first kappa shape index (κ1) is 14.5. The fourth-order valence-corrected chi connectivity index (χ4v) is 2.33. The van der Waals surface area contributed by atoms with Crippen LogP contribution < -0.4 is 14.8 Å². The number of likely N-dealkylation sites (tertiary alicyclic amines) is 1. The summed E-state index contributed by atoms with van der Waals surface area (Å²) in [4.78, 5) is 14.0. The van der Waals surface area contributed by atoms with Gasteiger partial charge in [0.1, 0.15) is 0 Å². The highest BCUT2D eigenvalue weighted by atomic mass is 16.5. The predicted octanol–water partition coefficient (Wildman–Crippen LogP) is 2.97. The quantitative estimate of drug-likeness (QED) is 0.924. The van der Waals surface area contributed by atoms with Gasteiger partial charge in [0.2, 0.25) is 0 Å². The highest BCUT2D eigenvalue weighted by Crippen LogP contribution is 2.30. The lowest BCUT2D eigenvalue weighted by molar-refractivity contribution is 0.186. The van der Waals surface area contributed by atoms with Gasteiger partial charge < -0.3 is 19.7 Å². The van der Waals surface area contributed by atoms with Gasteiger partial charge in [-0.2, -0.15) is 0 Å². The molecule has 0 saturated carbocycles. The highest BCUT2D eigenvalue weighted by molar-refractivity contribution is 5.89. The maximum Gasteiger partial charge on any atom is 0.321 e. The summed E-state index contributed by atoms with van der Waals surface area (Å²) < 4.78 is 10.4. The molecule has 110 valence electrons. The van der Waals surface area contributed by atoms with Gasteiger partial charge in [-0.25, -0.2) is 4.79 Å². The molecule has 1 aliphatic rings. The molecule has 1 N–H and O–H groups in total. The van der Waals surface area contributed by atoms with E-state index in [1.165, 1.54) is 0 Å². The Kier molecular flexibility index (Phi) is 4.71. The van der Waals surface area contributed by atoms with Crippen LogP contribution in [-0.4, -0.2) is 38.2 Å². The zero-order valence-corrected chi connectivity index (χ0v) is 12.3. The number of anilines is 1. The third-order valence-corrected chi connectivity index (χ3v) is 3.71. The van der Waals surface area contributed by atoms with Crippen LogP contribution in [0.3, 0.4) is 0 Å². The molecule has 1 heterocycles. The van der Waals surface area contributed by atoms with Gasteiger partial charge in [-0.15, -0.1) is 0 Å². The van der Waals surface area contributed by atoms with Crippen LogP contribution in [0.15, 0.2) is 18.2 Å². The molecule has 20 heavy (non-hydrogen) atoms. The second kappa shape index (κ2) is 6.50. The molecule has 1 aromatic rings. The van der Waals surface area contributed by atoms with E-state index in [2.05, 4.69) is 12.2 Å². The van der Waals surface area contributed by atoms with Crippen LogP contribution >= 0.6 is 0 Å². The van der Waals surface area contributed by atoms with Gasteiger partial charge in [-0.1, -0.05) is 6.92 Å². The van der Waals surface area contributed by atoms with Gasteiger partial charge in [0.15, 0.2) is 11.5 Å². The van der Waals surface area contributed by atoms with E-state index < -0.39 is 0 Å². The molecule has 1 aromatic carbocycles. The Morgan fingerprint density at radius 1 is 1.20 bits per heavy atom. The molecule has 1 fully saturated rings. The van der Waals surface area contributed by atoms with Crippen molar-refractivity contribution in [1.82, 2.24) is 4.90 Å². The summed E-state index contributed by atoms with van der Waals surface area (Å²) in [5.41, 5.74) is 0.714. The number of methoxy groups -OCH3 is 2. The Bertz CT molecular complexity index is 468. The molecule has 5 nitrogen and oxygen atoms in total. The summed E-state index contributed by atoms with van der Waals surface area (Å²) in [7, 11) is 3.17. The lowest BCUT2D eigenvalue weighted by atomic mass is 10.00. The smallest absolute Gasteiger partial charge is 0.321 e. The topological polar surface area (TPSA) is 50.8 Å². The molecule has 0 aromatic heterocycles. The number of hydrogen-bond acceptors (Lipinski definition) is 3. The minimum absolute atomic E-state index is 0.0517. The van der Waals surface area contributed by atoms with E-state index in [9.17, 15) is 4.79 Å². The minimum Gasteiger partial charge on any atom is -0.493 e. The first-order valence-electron chi connectivity index (χ1n) is 6.92. The van der Waals surface area contributed by atoms with Crippen molar-refractivity contribution in [2.75, 3.05) is 32.6 Å². The SMILES string of the molecule is COc1ccc(NC(=O)N2CCC(C)CC2)cc1OC. The fourth-order valence-electron chi connectivity index (χ4n) is 2.33. The van der Waals surface area contributed by atoms with Crippen molar-refractivity contribution in [3.63, 3.8) is 0 Å². The lowest BCUT2D eigenvalue weighted by Crippen LogP contribution is -2.40. The number of ether oxygens (including phenoxy) is 2. The van der Waals surface area contributed by atoms with Crippen molar-refractivity contribution >= 4 is 11.7 Å². The third-order valence-electron chi connectivity index (χ3n) is 3.71. The summed E-state index contributed by atoms with van der Waals surface area (Å²) in [5.74, 6) is 1.97. The molecule has 0 bridgehead atoms. The van der Waals surface area contributed by atoms with Crippen LogP contribution in [0.4, 0.5) is 10.5 Å². The van der Waals surface area contributed by atoms with Crippen LogP contribution in [0.1, 0.15) is 19.8 Å². The van der Waals surface area contributed by atoms with Crippen LogP contribution in [0, 0.1) is 5.92 Å². The van der Waals surface area contributed by atoms with Gasteiger partial charge in [0.05, 0.1) is 14.2 Å². The molecule has 2 amide bonds. The summed E-state index contributed by atoms with van der Waals surface area (Å²) in [6.45, 7) is 3.87. The molecular weight excluding hydrogens is 256 g/mol. The molecular formula is C15H22N2O3. The van der Waals surface area contributed by atoms with Crippen molar-refractivity contribution in [3.8, 4) is 11.5 Å². The van der Waals surface area contributed by atoms with Gasteiger partial charge in [-0.05, 0) is 30.9 Å². The average Bonchev–Trinajstić information content (AvgIpc) is 2.47. The van der Waals surface area contributed by atoms with Crippen LogP contribution in [-0.2, 0) is 0 Å². The largest absolute Gasteiger partial charge is 0.493 e. The Labute approximate surface area is 119 Å². The van der Waals surface area contributed by atoms with E-state index in [0.29, 0.717) is 23.1 Å². The van der Waals surface area contributed by atoms with Crippen LogP contribution in [0.5, 0.6) is 11.5 Å². The number of benzene rings is 1. The Morgan fingerprint density at radius 2 is 1.85 bits per heavy atom. The molecule has 1 aliphatic heterocycles. The number of amides is 2. The van der Waals surface area contributed by atoms with E-state index in [1.807, 2.05) is 11.0 Å². The van der Waals surface area contributed by atoms with Gasteiger partial charge in [-0.3, -0.25) is 0 Å². The van der Waals surface area contributed by atoms with E-state index in [1.54, 1.807) is 26.4 Å². The maximum absolute atomic E-state index is 12.2. The predicted molar refractivity (Wildman–Crippen MR) is 78.5 cm³/mol. The first-order valence-corrected chi connectivity index (χ1v) is 6.92. The summed E-state index contributed by atoms with van der Waals surface area (Å²) >= 11 is 0. The highest BCUT2D eigenvalue weighted by Gasteiger charge is 2.20. The standard InChI is InChI=1S/C15H22N2O3/c1-11-6-8-17(9-7-11)15(18)16-12-4-5-13(19-2)14(10-12)20-3/h4-5,10-11H,6-9H2,1-3H3,(H,16,18). The molecule has 0 spiro atoms. The lowest BCUT2D eigenvalue weighted by Gasteiger charge is -2.30. The third kappa shape index (κ3) is 3.35. The molecule has 0 unspecified atom stereocenters. The van der Waals surface area contributed by atoms with E-state index in [4.69, 9.17) is 9.47 Å². The Balaban J connectivity index is 2.00. The maximum atomic E-state index is 12.2. The van der Waals surface area contributed by atoms with Crippen molar-refractivity contribution < 1.29 is 14.3 Å². The molecule has 0 aliphatic carbocycles. The summed E-state index contributed by atoms with van der Waals surface area (Å²) in [6.07, 6.45) is 2.14. The van der Waals surface area contributed by atoms with Crippen molar-refractivity contribution in [2.45, 2.75) is 19.8 Å². The average molecular weight is 278 g/mol. The second-order valence-corrected chi connectivity index (χ2v) is 5.17. The molecule has 5 heteroatoms. The summed E-state index contributed by atoms with van der Waals surface area (Å²) in [6, 6.07) is 5.31. The van der Waals surface area contributed by atoms with Crippen molar-refractivity contribution in [1.29, 1.82) is 0 Å². The number of rotatable bonds is 3. The van der Waals surface area contributed by atoms with Gasteiger partial charge in [0, 0.05) is 24.8 Å². The molecule has 0 atom stereocenters.